The molecule has 2 nitrogen and oxygen atoms in total. The quantitative estimate of drug-likeness (QED) is 0.621. The summed E-state index contributed by atoms with van der Waals surface area (Å²) in [4.78, 5) is 11.5. The topological polar surface area (TPSA) is 26.3 Å². The molecule has 0 amide bonds. The third-order valence-electron chi connectivity index (χ3n) is 1.61. The Hall–Kier alpha value is 0.0600. The van der Waals surface area contributed by atoms with Crippen LogP contribution in [0.15, 0.2) is 0 Å². The Balaban J connectivity index is 3.69. The van der Waals surface area contributed by atoms with Crippen LogP contribution in [0.2, 0.25) is 0 Å². The maximum atomic E-state index is 11.5. The van der Waals surface area contributed by atoms with Gasteiger partial charge >= 0.3 is 0 Å². The summed E-state index contributed by atoms with van der Waals surface area (Å²) >= 11 is 0. The van der Waals surface area contributed by atoms with Crippen molar-refractivity contribution in [2.45, 2.75) is 52.5 Å². The Morgan fingerprint density at radius 1 is 1.23 bits per heavy atom. The third kappa shape index (κ3) is 7.16. The highest BCUT2D eigenvalue weighted by molar-refractivity contribution is 7.40. The molecule has 13 heavy (non-hydrogen) atoms. The van der Waals surface area contributed by atoms with Gasteiger partial charge in [-0.2, -0.15) is 0 Å². The van der Waals surface area contributed by atoms with E-state index in [1.807, 2.05) is 20.8 Å². The van der Waals surface area contributed by atoms with Gasteiger partial charge in [0.15, 0.2) is 5.78 Å². The molecule has 0 saturated heterocycles. The molecule has 0 heterocycles. The van der Waals surface area contributed by atoms with E-state index in [1.54, 1.807) is 0 Å². The summed E-state index contributed by atoms with van der Waals surface area (Å²) < 4.78 is 5.40. The molecule has 3 heteroatoms. The van der Waals surface area contributed by atoms with Crippen LogP contribution in [0.4, 0.5) is 0 Å². The molecule has 2 unspecified atom stereocenters. The average Bonchev–Trinajstić information content (AvgIpc) is 1.98. The van der Waals surface area contributed by atoms with Gasteiger partial charge in [-0.1, -0.05) is 13.8 Å². The fourth-order valence-corrected chi connectivity index (χ4v) is 1.83. The predicted molar refractivity (Wildman–Crippen MR) is 59.0 cm³/mol. The van der Waals surface area contributed by atoms with Crippen LogP contribution in [-0.4, -0.2) is 29.8 Å². The summed E-state index contributed by atoms with van der Waals surface area (Å²) in [5, 5.41) is 0. The van der Waals surface area contributed by atoms with Crippen molar-refractivity contribution in [3.63, 3.8) is 0 Å². The lowest BCUT2D eigenvalue weighted by Gasteiger charge is -2.15. The highest BCUT2D eigenvalue weighted by atomic mass is 31.1. The van der Waals surface area contributed by atoms with E-state index in [-0.39, 0.29) is 18.0 Å². The van der Waals surface area contributed by atoms with Crippen molar-refractivity contribution in [1.29, 1.82) is 0 Å². The summed E-state index contributed by atoms with van der Waals surface area (Å²) in [5.74, 6) is 0.237. The summed E-state index contributed by atoms with van der Waals surface area (Å²) in [6, 6.07) is 0. The van der Waals surface area contributed by atoms with Crippen LogP contribution in [0.5, 0.6) is 0 Å². The van der Waals surface area contributed by atoms with Gasteiger partial charge in [-0.15, -0.1) is 8.58 Å². The molecule has 0 aliphatic carbocycles. The Labute approximate surface area is 83.2 Å². The number of ether oxygens (including phenoxy) is 1. The van der Waals surface area contributed by atoms with E-state index < -0.39 is 0 Å². The van der Waals surface area contributed by atoms with Gasteiger partial charge in [-0.05, 0) is 26.4 Å². The Kier molecular flexibility index (Phi) is 6.53. The fourth-order valence-electron chi connectivity index (χ4n) is 0.933. The molecule has 0 aromatic heterocycles. The standard InChI is InChI=1S/C10H21O2P/c1-7(2)12-9(5)10(11)6-13-8(3)4/h7-9,13H,6H2,1-5H3. The minimum atomic E-state index is -0.230. The molecule has 0 radical (unpaired) electrons. The minimum Gasteiger partial charge on any atom is -0.368 e. The number of rotatable bonds is 6. The number of carbonyl (C=O) groups excluding carboxylic acids is 1. The van der Waals surface area contributed by atoms with Crippen LogP contribution in [0.25, 0.3) is 0 Å². The van der Waals surface area contributed by atoms with Gasteiger partial charge in [0.25, 0.3) is 0 Å². The van der Waals surface area contributed by atoms with E-state index in [9.17, 15) is 4.79 Å². The molecule has 0 N–H and O–H groups in total. The van der Waals surface area contributed by atoms with Crippen molar-refractivity contribution < 1.29 is 9.53 Å². The first kappa shape index (κ1) is 13.1. The Morgan fingerprint density at radius 3 is 2.15 bits per heavy atom. The molecule has 0 aromatic carbocycles. The molecule has 0 aliphatic heterocycles. The first-order valence-electron chi connectivity index (χ1n) is 4.85. The lowest BCUT2D eigenvalue weighted by molar-refractivity contribution is -0.129. The number of hydrogen-bond acceptors (Lipinski definition) is 2. The van der Waals surface area contributed by atoms with Crippen LogP contribution in [0.1, 0.15) is 34.6 Å². The van der Waals surface area contributed by atoms with Crippen molar-refractivity contribution in [2.75, 3.05) is 6.16 Å². The smallest absolute Gasteiger partial charge is 0.165 e. The summed E-state index contributed by atoms with van der Waals surface area (Å²) in [6.07, 6.45) is 0.582. The predicted octanol–water partition coefficient (Wildman–Crippen LogP) is 2.46. The third-order valence-corrected chi connectivity index (χ3v) is 2.98. The first-order valence-corrected chi connectivity index (χ1v) is 6.13. The van der Waals surface area contributed by atoms with Crippen molar-refractivity contribution in [1.82, 2.24) is 0 Å². The van der Waals surface area contributed by atoms with E-state index in [2.05, 4.69) is 13.8 Å². The highest BCUT2D eigenvalue weighted by Gasteiger charge is 2.14. The number of hydrogen-bond donors (Lipinski definition) is 0. The van der Waals surface area contributed by atoms with Crippen molar-refractivity contribution >= 4 is 14.4 Å². The Bertz CT molecular complexity index is 155. The zero-order valence-corrected chi connectivity index (χ0v) is 10.3. The van der Waals surface area contributed by atoms with E-state index in [0.717, 1.165) is 8.58 Å². The number of ketones is 1. The molecule has 0 aromatic rings. The lowest BCUT2D eigenvalue weighted by Crippen LogP contribution is -2.25. The van der Waals surface area contributed by atoms with Gasteiger partial charge < -0.3 is 4.74 Å². The monoisotopic (exact) mass is 204 g/mol. The van der Waals surface area contributed by atoms with Gasteiger partial charge in [0.05, 0.1) is 6.10 Å². The van der Waals surface area contributed by atoms with Crippen LogP contribution in [0, 0.1) is 0 Å². The maximum absolute atomic E-state index is 11.5. The van der Waals surface area contributed by atoms with Crippen LogP contribution in [-0.2, 0) is 9.53 Å². The molecule has 0 saturated carbocycles. The van der Waals surface area contributed by atoms with Gasteiger partial charge in [0.1, 0.15) is 6.10 Å². The van der Waals surface area contributed by atoms with E-state index in [1.165, 1.54) is 0 Å². The molecular formula is C10H21O2P. The van der Waals surface area contributed by atoms with Crippen LogP contribution >= 0.6 is 8.58 Å². The largest absolute Gasteiger partial charge is 0.368 e. The maximum Gasteiger partial charge on any atom is 0.165 e. The van der Waals surface area contributed by atoms with Gasteiger partial charge in [-0.25, -0.2) is 0 Å². The average molecular weight is 204 g/mol. The molecule has 78 valence electrons. The molecule has 0 aliphatic rings. The fraction of sp³-hybridized carbons (Fsp3) is 0.900. The van der Waals surface area contributed by atoms with Gasteiger partial charge in [-0.3, -0.25) is 4.79 Å². The summed E-state index contributed by atoms with van der Waals surface area (Å²) in [5.41, 5.74) is 0.621. The van der Waals surface area contributed by atoms with Crippen LogP contribution < -0.4 is 0 Å². The SMILES string of the molecule is CC(C)OC(C)C(=O)CPC(C)C. The zero-order chi connectivity index (χ0) is 10.4. The van der Waals surface area contributed by atoms with E-state index in [4.69, 9.17) is 4.74 Å². The molecule has 2 atom stereocenters. The van der Waals surface area contributed by atoms with Crippen molar-refractivity contribution in [3.05, 3.63) is 0 Å². The van der Waals surface area contributed by atoms with Crippen molar-refractivity contribution in [3.8, 4) is 0 Å². The van der Waals surface area contributed by atoms with Gasteiger partial charge in [0, 0.05) is 6.16 Å². The summed E-state index contributed by atoms with van der Waals surface area (Å²) in [6.45, 7) is 10.0. The molecule has 0 fully saturated rings. The molecule has 0 bridgehead atoms. The number of carbonyl (C=O) groups is 1. The second kappa shape index (κ2) is 6.50. The van der Waals surface area contributed by atoms with Gasteiger partial charge in [0.2, 0.25) is 0 Å². The molecule has 0 rings (SSSR count). The molecule has 0 spiro atoms. The van der Waals surface area contributed by atoms with Crippen molar-refractivity contribution in [2.24, 2.45) is 0 Å². The first-order chi connectivity index (χ1) is 5.93. The second-order valence-electron chi connectivity index (χ2n) is 3.83. The normalized spacial score (nSPS) is 14.7. The molecular weight excluding hydrogens is 183 g/mol. The van der Waals surface area contributed by atoms with E-state index >= 15 is 0 Å². The van der Waals surface area contributed by atoms with Crippen LogP contribution in [0.3, 0.4) is 0 Å². The lowest BCUT2D eigenvalue weighted by atomic mass is 10.3. The summed E-state index contributed by atoms with van der Waals surface area (Å²) in [7, 11) is 0.729. The number of Topliss-reactive ketones (excluding diaryl/α,β-unsaturated/α-hetero) is 1. The highest BCUT2D eigenvalue weighted by Crippen LogP contribution is 2.18. The zero-order valence-electron chi connectivity index (χ0n) is 9.26. The van der Waals surface area contributed by atoms with E-state index in [0.29, 0.717) is 11.8 Å². The second-order valence-corrected chi connectivity index (χ2v) is 5.75. The Morgan fingerprint density at radius 2 is 1.77 bits per heavy atom. The minimum absolute atomic E-state index is 0.140.